The second kappa shape index (κ2) is 7.81. The number of anilines is 1. The van der Waals surface area contributed by atoms with Gasteiger partial charge in [0.2, 0.25) is 0 Å². The molecule has 0 heterocycles. The third-order valence-electron chi connectivity index (χ3n) is 2.29. The smallest absolute Gasteiger partial charge is 0.162 e. The molecule has 0 amide bonds. The summed E-state index contributed by atoms with van der Waals surface area (Å²) in [7, 11) is 0. The van der Waals surface area contributed by atoms with Gasteiger partial charge in [-0.2, -0.15) is 0 Å². The zero-order valence-electron chi connectivity index (χ0n) is 10.0. The molecule has 0 unspecified atom stereocenters. The van der Waals surface area contributed by atoms with Crippen LogP contribution >= 0.6 is 11.8 Å². The van der Waals surface area contributed by atoms with Crippen molar-refractivity contribution in [2.75, 3.05) is 23.4 Å². The Labute approximate surface area is 107 Å². The van der Waals surface area contributed by atoms with Gasteiger partial charge in [-0.15, -0.1) is 18.2 Å². The first-order chi connectivity index (χ1) is 8.27. The van der Waals surface area contributed by atoms with E-state index in [9.17, 15) is 4.79 Å². The quantitative estimate of drug-likeness (QED) is 0.456. The van der Waals surface area contributed by atoms with Crippen LogP contribution in [0.4, 0.5) is 5.69 Å². The van der Waals surface area contributed by atoms with E-state index in [0.717, 1.165) is 29.3 Å². The first-order valence-electron chi connectivity index (χ1n) is 5.66. The molecule has 1 N–H and O–H groups in total. The number of rotatable bonds is 7. The highest BCUT2D eigenvalue weighted by molar-refractivity contribution is 7.99. The molecule has 2 nitrogen and oxygen atoms in total. The number of ketones is 1. The van der Waals surface area contributed by atoms with Crippen LogP contribution in [0.15, 0.2) is 24.3 Å². The minimum Gasteiger partial charge on any atom is -0.384 e. The summed E-state index contributed by atoms with van der Waals surface area (Å²) in [5.41, 5.74) is 1.82. The van der Waals surface area contributed by atoms with E-state index in [0.29, 0.717) is 6.42 Å². The lowest BCUT2D eigenvalue weighted by Gasteiger charge is -2.06. The summed E-state index contributed by atoms with van der Waals surface area (Å²) in [6.07, 6.45) is 5.71. The van der Waals surface area contributed by atoms with Crippen molar-refractivity contribution in [3.63, 3.8) is 0 Å². The lowest BCUT2D eigenvalue weighted by Crippen LogP contribution is -2.04. The van der Waals surface area contributed by atoms with E-state index in [1.54, 1.807) is 11.8 Å². The number of nitrogens with one attached hydrogen (secondary N) is 1. The van der Waals surface area contributed by atoms with Gasteiger partial charge in [0.05, 0.1) is 5.75 Å². The van der Waals surface area contributed by atoms with Gasteiger partial charge in [0.25, 0.3) is 0 Å². The molecule has 0 saturated carbocycles. The summed E-state index contributed by atoms with van der Waals surface area (Å²) in [4.78, 5) is 11.4. The number of Topliss-reactive ketones (excluding diaryl/α,β-unsaturated/α-hetero) is 1. The number of benzene rings is 1. The Hall–Kier alpha value is -1.40. The molecule has 90 valence electrons. The van der Waals surface area contributed by atoms with E-state index < -0.39 is 0 Å². The monoisotopic (exact) mass is 247 g/mol. The maximum atomic E-state index is 11.4. The van der Waals surface area contributed by atoms with Crippen LogP contribution in [-0.4, -0.2) is 23.8 Å². The lowest BCUT2D eigenvalue weighted by atomic mass is 10.1. The van der Waals surface area contributed by atoms with E-state index >= 15 is 0 Å². The zero-order valence-corrected chi connectivity index (χ0v) is 10.8. The Kier molecular flexibility index (Phi) is 6.27. The Morgan fingerprint density at radius 3 is 2.71 bits per heavy atom. The highest BCUT2D eigenvalue weighted by Gasteiger charge is 2.01. The maximum absolute atomic E-state index is 11.4. The van der Waals surface area contributed by atoms with Crippen molar-refractivity contribution in [2.24, 2.45) is 0 Å². The fourth-order valence-electron chi connectivity index (χ4n) is 1.38. The van der Waals surface area contributed by atoms with Crippen LogP contribution in [0.5, 0.6) is 0 Å². The second-order valence-electron chi connectivity index (χ2n) is 3.54. The standard InChI is InChI=1S/C14H17NOS/c1-3-10-17-11-9-15-13-7-5-12(6-8-13)14(16)4-2/h1,5-8,15H,4,9-11H2,2H3. The van der Waals surface area contributed by atoms with E-state index in [-0.39, 0.29) is 5.78 Å². The maximum Gasteiger partial charge on any atom is 0.162 e. The molecule has 0 aliphatic carbocycles. The Bertz CT molecular complexity index is 392. The molecule has 1 rings (SSSR count). The zero-order chi connectivity index (χ0) is 12.5. The molecular formula is C14H17NOS. The summed E-state index contributed by atoms with van der Waals surface area (Å²) in [6.45, 7) is 2.75. The molecule has 1 aromatic carbocycles. The van der Waals surface area contributed by atoms with Gasteiger partial charge >= 0.3 is 0 Å². The van der Waals surface area contributed by atoms with Crippen molar-refractivity contribution in [3.05, 3.63) is 29.8 Å². The molecule has 0 aromatic heterocycles. The number of carbonyl (C=O) groups excluding carboxylic acids is 1. The van der Waals surface area contributed by atoms with E-state index in [1.807, 2.05) is 31.2 Å². The number of terminal acetylenes is 1. The average molecular weight is 247 g/mol. The SMILES string of the molecule is C#CCSCCNc1ccc(C(=O)CC)cc1. The fraction of sp³-hybridized carbons (Fsp3) is 0.357. The van der Waals surface area contributed by atoms with Gasteiger partial charge in [0, 0.05) is 30.0 Å². The normalized spacial score (nSPS) is 9.65. The summed E-state index contributed by atoms with van der Waals surface area (Å²) < 4.78 is 0. The first kappa shape index (κ1) is 13.7. The molecule has 0 spiro atoms. The highest BCUT2D eigenvalue weighted by Crippen LogP contribution is 2.11. The lowest BCUT2D eigenvalue weighted by molar-refractivity contribution is 0.0988. The minimum absolute atomic E-state index is 0.182. The van der Waals surface area contributed by atoms with Gasteiger partial charge in [0.15, 0.2) is 5.78 Å². The summed E-state index contributed by atoms with van der Waals surface area (Å²) in [6, 6.07) is 7.61. The third-order valence-corrected chi connectivity index (χ3v) is 3.15. The third kappa shape index (κ3) is 4.97. The molecule has 0 aliphatic rings. The number of carbonyl (C=O) groups is 1. The van der Waals surface area contributed by atoms with E-state index in [1.165, 1.54) is 0 Å². The predicted octanol–water partition coefficient (Wildman–Crippen LogP) is 3.06. The molecule has 17 heavy (non-hydrogen) atoms. The summed E-state index contributed by atoms with van der Waals surface area (Å²) in [5.74, 6) is 4.51. The minimum atomic E-state index is 0.182. The molecular weight excluding hydrogens is 230 g/mol. The van der Waals surface area contributed by atoms with E-state index in [2.05, 4.69) is 11.2 Å². The van der Waals surface area contributed by atoms with Gasteiger partial charge in [-0.3, -0.25) is 4.79 Å². The van der Waals surface area contributed by atoms with Crippen LogP contribution < -0.4 is 5.32 Å². The van der Waals surface area contributed by atoms with Crippen LogP contribution in [0.2, 0.25) is 0 Å². The second-order valence-corrected chi connectivity index (χ2v) is 4.64. The Morgan fingerprint density at radius 1 is 1.41 bits per heavy atom. The predicted molar refractivity (Wildman–Crippen MR) is 75.7 cm³/mol. The van der Waals surface area contributed by atoms with Crippen LogP contribution in [0.25, 0.3) is 0 Å². The van der Waals surface area contributed by atoms with Crippen LogP contribution in [0, 0.1) is 12.3 Å². The molecule has 0 saturated heterocycles. The number of thioether (sulfide) groups is 1. The van der Waals surface area contributed by atoms with Gasteiger partial charge in [-0.05, 0) is 24.3 Å². The summed E-state index contributed by atoms with van der Waals surface area (Å²) >= 11 is 1.73. The fourth-order valence-corrected chi connectivity index (χ4v) is 1.89. The van der Waals surface area contributed by atoms with Gasteiger partial charge in [0.1, 0.15) is 0 Å². The average Bonchev–Trinajstić information content (AvgIpc) is 2.38. The van der Waals surface area contributed by atoms with E-state index in [4.69, 9.17) is 6.42 Å². The number of hydrogen-bond donors (Lipinski definition) is 1. The summed E-state index contributed by atoms with van der Waals surface area (Å²) in [5, 5.41) is 3.29. The molecule has 0 bridgehead atoms. The van der Waals surface area contributed by atoms with Gasteiger partial charge in [-0.1, -0.05) is 12.8 Å². The van der Waals surface area contributed by atoms with Crippen molar-refractivity contribution in [1.29, 1.82) is 0 Å². The number of hydrogen-bond acceptors (Lipinski definition) is 3. The first-order valence-corrected chi connectivity index (χ1v) is 6.81. The van der Waals surface area contributed by atoms with Gasteiger partial charge in [-0.25, -0.2) is 0 Å². The molecule has 3 heteroatoms. The molecule has 0 aliphatic heterocycles. The Balaban J connectivity index is 2.36. The van der Waals surface area contributed by atoms with Crippen molar-refractivity contribution in [2.45, 2.75) is 13.3 Å². The topological polar surface area (TPSA) is 29.1 Å². The molecule has 0 atom stereocenters. The van der Waals surface area contributed by atoms with Crippen LogP contribution in [-0.2, 0) is 0 Å². The van der Waals surface area contributed by atoms with Gasteiger partial charge < -0.3 is 5.32 Å². The van der Waals surface area contributed by atoms with Crippen LogP contribution in [0.3, 0.4) is 0 Å². The Morgan fingerprint density at radius 2 is 2.12 bits per heavy atom. The van der Waals surface area contributed by atoms with Crippen molar-refractivity contribution >= 4 is 23.2 Å². The largest absolute Gasteiger partial charge is 0.384 e. The van der Waals surface area contributed by atoms with Crippen molar-refractivity contribution in [3.8, 4) is 12.3 Å². The van der Waals surface area contributed by atoms with Crippen LogP contribution in [0.1, 0.15) is 23.7 Å². The van der Waals surface area contributed by atoms with Crippen molar-refractivity contribution < 1.29 is 4.79 Å². The molecule has 0 radical (unpaired) electrons. The van der Waals surface area contributed by atoms with Crippen molar-refractivity contribution in [1.82, 2.24) is 0 Å². The highest BCUT2D eigenvalue weighted by atomic mass is 32.2. The molecule has 1 aromatic rings. The molecule has 0 fully saturated rings.